The molecule has 0 saturated carbocycles. The molecule has 0 bridgehead atoms. The Hall–Kier alpha value is -2.79. The number of hydrogen-bond acceptors (Lipinski definition) is 4. The Morgan fingerprint density at radius 2 is 1.58 bits per heavy atom. The highest BCUT2D eigenvalue weighted by Gasteiger charge is 1.92. The van der Waals surface area contributed by atoms with Gasteiger partial charge in [0.2, 0.25) is 0 Å². The summed E-state index contributed by atoms with van der Waals surface area (Å²) in [7, 11) is 0. The molecule has 0 aliphatic carbocycles. The van der Waals surface area contributed by atoms with Gasteiger partial charge in [0.15, 0.2) is 5.78 Å². The maximum Gasteiger partial charge on any atom is 0.152 e. The van der Waals surface area contributed by atoms with Crippen molar-refractivity contribution in [3.8, 4) is 0 Å². The van der Waals surface area contributed by atoms with Crippen LogP contribution >= 0.6 is 35.8 Å². The molecule has 0 radical (unpaired) electrons. The van der Waals surface area contributed by atoms with Gasteiger partial charge in [0, 0.05) is 32.2 Å². The lowest BCUT2D eigenvalue weighted by atomic mass is 10.2. The highest BCUT2D eigenvalue weighted by Crippen LogP contribution is 2.16. The van der Waals surface area contributed by atoms with Crippen molar-refractivity contribution in [2.24, 2.45) is 0 Å². The second kappa shape index (κ2) is 12.8. The van der Waals surface area contributed by atoms with Crippen LogP contribution in [0.5, 0.6) is 0 Å². The van der Waals surface area contributed by atoms with E-state index in [-0.39, 0.29) is 5.78 Å². The van der Waals surface area contributed by atoms with Crippen LogP contribution in [0.4, 0.5) is 5.69 Å². The summed E-state index contributed by atoms with van der Waals surface area (Å²) in [6.45, 7) is 1.52. The summed E-state index contributed by atoms with van der Waals surface area (Å²) < 4.78 is 0. The van der Waals surface area contributed by atoms with Gasteiger partial charge in [0.1, 0.15) is 0 Å². The molecule has 3 aromatic carbocycles. The molecule has 0 amide bonds. The Bertz CT molecular complexity index is 1120. The van der Waals surface area contributed by atoms with Gasteiger partial charge in [-0.25, -0.2) is 0 Å². The second-order valence-electron chi connectivity index (χ2n) is 6.43. The highest BCUT2D eigenvalue weighted by molar-refractivity contribution is 7.80. The van der Waals surface area contributed by atoms with Crippen molar-refractivity contribution >= 4 is 64.3 Å². The molecule has 0 atom stereocenters. The second-order valence-corrected chi connectivity index (χ2v) is 7.82. The number of allylic oxidation sites excluding steroid dienone is 1. The van der Waals surface area contributed by atoms with Crippen LogP contribution in [0.2, 0.25) is 10.0 Å². The summed E-state index contributed by atoms with van der Waals surface area (Å²) in [6.07, 6.45) is 5.06. The van der Waals surface area contributed by atoms with E-state index >= 15 is 0 Å². The molecular formula is C25H22Cl2N2OS. The van der Waals surface area contributed by atoms with Gasteiger partial charge in [0.25, 0.3) is 0 Å². The number of hydrogen-bond donors (Lipinski definition) is 2. The van der Waals surface area contributed by atoms with Crippen molar-refractivity contribution in [3.05, 3.63) is 107 Å². The zero-order chi connectivity index (χ0) is 22.6. The first-order chi connectivity index (χ1) is 14.8. The first-order valence-corrected chi connectivity index (χ1v) is 10.5. The zero-order valence-electron chi connectivity index (χ0n) is 16.9. The Balaban J connectivity index is 0.000000168. The number of carbonyl (C=O) groups is 1. The van der Waals surface area contributed by atoms with E-state index in [2.05, 4.69) is 17.6 Å². The quantitative estimate of drug-likeness (QED) is 0.183. The molecule has 4 rings (SSSR count). The number of anilines is 1. The van der Waals surface area contributed by atoms with Crippen molar-refractivity contribution in [1.29, 1.82) is 0 Å². The van der Waals surface area contributed by atoms with Gasteiger partial charge < -0.3 is 5.73 Å². The smallest absolute Gasteiger partial charge is 0.152 e. The number of fused-ring (bicyclic) bond motifs is 1. The number of ketones is 1. The maximum atomic E-state index is 10.6. The number of thiol groups is 1. The van der Waals surface area contributed by atoms with Crippen LogP contribution in [0.15, 0.2) is 96.0 Å². The third-order valence-corrected chi connectivity index (χ3v) is 4.63. The molecule has 2 N–H and O–H groups in total. The Morgan fingerprint density at radius 1 is 0.935 bits per heavy atom. The summed E-state index contributed by atoms with van der Waals surface area (Å²) in [4.78, 5) is 15.7. The van der Waals surface area contributed by atoms with Crippen LogP contribution in [-0.2, 0) is 4.79 Å². The molecule has 0 aliphatic heterocycles. The molecule has 0 unspecified atom stereocenters. The molecule has 3 nitrogen and oxygen atoms in total. The molecule has 4 aromatic rings. The number of carbonyl (C=O) groups excluding carboxylic acids is 1. The van der Waals surface area contributed by atoms with E-state index in [0.717, 1.165) is 32.1 Å². The lowest BCUT2D eigenvalue weighted by Crippen LogP contribution is -1.80. The lowest BCUT2D eigenvalue weighted by molar-refractivity contribution is -0.112. The number of pyridine rings is 1. The molecule has 1 heterocycles. The average molecular weight is 469 g/mol. The maximum absolute atomic E-state index is 10.6. The van der Waals surface area contributed by atoms with Gasteiger partial charge in [-0.2, -0.15) is 0 Å². The SMILES string of the molecule is CC(=O)/C=C/c1ccc(Cl)cc1.Clc1ccc2cccnc2c1.Nc1ccc(S)cc1. The number of rotatable bonds is 2. The largest absolute Gasteiger partial charge is 0.399 e. The van der Waals surface area contributed by atoms with Gasteiger partial charge >= 0.3 is 0 Å². The summed E-state index contributed by atoms with van der Waals surface area (Å²) in [6, 6.07) is 24.3. The first-order valence-electron chi connectivity index (χ1n) is 9.32. The lowest BCUT2D eigenvalue weighted by Gasteiger charge is -1.94. The Morgan fingerprint density at radius 3 is 2.19 bits per heavy atom. The third kappa shape index (κ3) is 9.71. The third-order valence-electron chi connectivity index (χ3n) is 3.84. The summed E-state index contributed by atoms with van der Waals surface area (Å²) in [5, 5.41) is 2.56. The predicted octanol–water partition coefficient (Wildman–Crippen LogP) is 7.39. The van der Waals surface area contributed by atoms with Crippen LogP contribution in [-0.4, -0.2) is 10.8 Å². The van der Waals surface area contributed by atoms with E-state index < -0.39 is 0 Å². The minimum absolute atomic E-state index is 0.0463. The number of halogens is 2. The standard InChI is InChI=1S/C10H9ClO.C9H6ClN.C6H7NS/c1-8(12)2-3-9-4-6-10(11)7-5-9;10-8-4-3-7-2-1-5-11-9(7)6-8;7-5-1-3-6(8)4-2-5/h2-7H,1H3;1-6H;1-4,8H,7H2/b3-2+;;. The van der Waals surface area contributed by atoms with E-state index in [1.807, 2.05) is 66.7 Å². The van der Waals surface area contributed by atoms with Crippen LogP contribution in [0.3, 0.4) is 0 Å². The van der Waals surface area contributed by atoms with Crippen LogP contribution in [0.1, 0.15) is 12.5 Å². The molecule has 0 saturated heterocycles. The van der Waals surface area contributed by atoms with Crippen LogP contribution in [0, 0.1) is 0 Å². The molecule has 6 heteroatoms. The fourth-order valence-electron chi connectivity index (χ4n) is 2.30. The fourth-order valence-corrected chi connectivity index (χ4v) is 2.74. The van der Waals surface area contributed by atoms with E-state index in [0.29, 0.717) is 5.02 Å². The van der Waals surface area contributed by atoms with Gasteiger partial charge in [-0.05, 0) is 73.2 Å². The fraction of sp³-hybridized carbons (Fsp3) is 0.0400. The summed E-state index contributed by atoms with van der Waals surface area (Å²) in [5.41, 5.74) is 8.10. The van der Waals surface area contributed by atoms with Crippen LogP contribution in [0.25, 0.3) is 17.0 Å². The zero-order valence-corrected chi connectivity index (χ0v) is 19.3. The van der Waals surface area contributed by atoms with Gasteiger partial charge in [-0.3, -0.25) is 9.78 Å². The molecule has 0 aliphatic rings. The van der Waals surface area contributed by atoms with Crippen molar-refractivity contribution < 1.29 is 4.79 Å². The predicted molar refractivity (Wildman–Crippen MR) is 136 cm³/mol. The number of nitrogen functional groups attached to an aromatic ring is 1. The average Bonchev–Trinajstić information content (AvgIpc) is 2.76. The Labute approximate surface area is 197 Å². The number of nitrogens with two attached hydrogens (primary N) is 1. The minimum Gasteiger partial charge on any atom is -0.399 e. The highest BCUT2D eigenvalue weighted by atomic mass is 35.5. The van der Waals surface area contributed by atoms with E-state index in [1.54, 1.807) is 24.4 Å². The summed E-state index contributed by atoms with van der Waals surface area (Å²) in [5.74, 6) is 0.0463. The summed E-state index contributed by atoms with van der Waals surface area (Å²) >= 11 is 15.5. The van der Waals surface area contributed by atoms with Gasteiger partial charge in [-0.1, -0.05) is 53.5 Å². The van der Waals surface area contributed by atoms with Crippen molar-refractivity contribution in [2.45, 2.75) is 11.8 Å². The molecule has 0 fully saturated rings. The number of benzene rings is 3. The normalized spacial score (nSPS) is 10.1. The van der Waals surface area contributed by atoms with E-state index in [9.17, 15) is 4.79 Å². The van der Waals surface area contributed by atoms with Crippen molar-refractivity contribution in [2.75, 3.05) is 5.73 Å². The number of aromatic nitrogens is 1. The molecular weight excluding hydrogens is 447 g/mol. The Kier molecular flexibility index (Phi) is 10.1. The monoisotopic (exact) mass is 468 g/mol. The van der Waals surface area contributed by atoms with Gasteiger partial charge in [-0.15, -0.1) is 12.6 Å². The van der Waals surface area contributed by atoms with Crippen molar-refractivity contribution in [3.63, 3.8) is 0 Å². The van der Waals surface area contributed by atoms with Crippen molar-refractivity contribution in [1.82, 2.24) is 4.98 Å². The molecule has 31 heavy (non-hydrogen) atoms. The molecule has 0 spiro atoms. The van der Waals surface area contributed by atoms with E-state index in [4.69, 9.17) is 28.9 Å². The minimum atomic E-state index is 0.0463. The first kappa shape index (κ1) is 24.5. The number of nitrogens with zero attached hydrogens (tertiary/aromatic N) is 1. The molecule has 158 valence electrons. The van der Waals surface area contributed by atoms with Gasteiger partial charge in [0.05, 0.1) is 5.52 Å². The topological polar surface area (TPSA) is 56.0 Å². The van der Waals surface area contributed by atoms with E-state index in [1.165, 1.54) is 13.0 Å². The van der Waals surface area contributed by atoms with Crippen LogP contribution < -0.4 is 5.73 Å². The molecule has 1 aromatic heterocycles.